The van der Waals surface area contributed by atoms with E-state index in [-0.39, 0.29) is 0 Å². The molecule has 2 heterocycles. The number of aliphatic hydroxyl groups excluding tert-OH is 2. The number of rotatable bonds is 4. The summed E-state index contributed by atoms with van der Waals surface area (Å²) in [7, 11) is 0. The number of fused-ring (bicyclic) bond motifs is 1. The molecule has 0 amide bonds. The van der Waals surface area contributed by atoms with Crippen LogP contribution in [0.25, 0.3) is 10.8 Å². The number of aliphatic hydroxyl groups is 2. The Hall–Kier alpha value is -2.94. The second kappa shape index (κ2) is 6.99. The molecule has 8 nitrogen and oxygen atoms in total. The Bertz CT molecular complexity index is 1070. The Morgan fingerprint density at radius 1 is 1.11 bits per heavy atom. The molecule has 0 saturated carbocycles. The molecular weight excluding hydrogens is 352 g/mol. The van der Waals surface area contributed by atoms with Crippen molar-refractivity contribution in [1.29, 1.82) is 0 Å². The standard InChI is InChI=1S/C19H18N2O6/c22-10-14-16(24)17(18(27-14)21-9-8-15(23)20-19(21)25)26-13-7-3-5-11-4-1-2-6-12(11)13/h1-9,14,16-18,22,24H,10H2,(H,20,23,25)/t14-,16+,17?,18-/m1/s1. The van der Waals surface area contributed by atoms with Crippen LogP contribution < -0.4 is 16.0 Å². The van der Waals surface area contributed by atoms with Crippen molar-refractivity contribution in [2.24, 2.45) is 0 Å². The van der Waals surface area contributed by atoms with E-state index in [4.69, 9.17) is 9.47 Å². The number of aromatic nitrogens is 2. The van der Waals surface area contributed by atoms with Crippen molar-refractivity contribution in [1.82, 2.24) is 9.55 Å². The first-order valence-electron chi connectivity index (χ1n) is 8.49. The molecule has 8 heteroatoms. The third-order valence-corrected chi connectivity index (χ3v) is 4.63. The van der Waals surface area contributed by atoms with Gasteiger partial charge in [0, 0.05) is 17.6 Å². The van der Waals surface area contributed by atoms with E-state index in [1.807, 2.05) is 36.4 Å². The lowest BCUT2D eigenvalue weighted by Gasteiger charge is -2.23. The third kappa shape index (κ3) is 3.14. The van der Waals surface area contributed by atoms with Crippen LogP contribution in [0.5, 0.6) is 5.75 Å². The molecule has 0 spiro atoms. The molecule has 0 bridgehead atoms. The zero-order valence-electron chi connectivity index (χ0n) is 14.2. The van der Waals surface area contributed by atoms with E-state index in [1.54, 1.807) is 6.07 Å². The fourth-order valence-electron chi connectivity index (χ4n) is 3.29. The average Bonchev–Trinajstić information content (AvgIpc) is 2.98. The molecule has 1 saturated heterocycles. The number of hydrogen-bond acceptors (Lipinski definition) is 6. The van der Waals surface area contributed by atoms with Crippen LogP contribution in [-0.2, 0) is 4.74 Å². The summed E-state index contributed by atoms with van der Waals surface area (Å²) in [5.74, 6) is 0.516. The highest BCUT2D eigenvalue weighted by Crippen LogP contribution is 2.34. The molecule has 3 aromatic rings. The van der Waals surface area contributed by atoms with Crippen molar-refractivity contribution in [2.45, 2.75) is 24.5 Å². The lowest BCUT2D eigenvalue weighted by atomic mass is 10.1. The van der Waals surface area contributed by atoms with Gasteiger partial charge in [-0.2, -0.15) is 0 Å². The first kappa shape index (κ1) is 17.5. The molecule has 3 N–H and O–H groups in total. The number of aromatic amines is 1. The fourth-order valence-corrected chi connectivity index (χ4v) is 3.29. The lowest BCUT2D eigenvalue weighted by molar-refractivity contribution is -0.0522. The first-order chi connectivity index (χ1) is 13.1. The van der Waals surface area contributed by atoms with Gasteiger partial charge in [-0.1, -0.05) is 36.4 Å². The van der Waals surface area contributed by atoms with Crippen LogP contribution in [0.15, 0.2) is 64.3 Å². The molecule has 140 valence electrons. The summed E-state index contributed by atoms with van der Waals surface area (Å²) >= 11 is 0. The van der Waals surface area contributed by atoms with Crippen molar-refractivity contribution in [3.63, 3.8) is 0 Å². The minimum Gasteiger partial charge on any atom is -0.482 e. The van der Waals surface area contributed by atoms with Crippen molar-refractivity contribution in [3.8, 4) is 5.75 Å². The van der Waals surface area contributed by atoms with E-state index >= 15 is 0 Å². The topological polar surface area (TPSA) is 114 Å². The molecule has 1 aliphatic rings. The maximum absolute atomic E-state index is 12.2. The normalized spacial score (nSPS) is 25.0. The third-order valence-electron chi connectivity index (χ3n) is 4.63. The summed E-state index contributed by atoms with van der Waals surface area (Å²) < 4.78 is 12.8. The van der Waals surface area contributed by atoms with Gasteiger partial charge in [0.05, 0.1) is 6.61 Å². The van der Waals surface area contributed by atoms with Crippen LogP contribution in [-0.4, -0.2) is 44.7 Å². The largest absolute Gasteiger partial charge is 0.482 e. The summed E-state index contributed by atoms with van der Waals surface area (Å²) in [6.07, 6.45) is -2.79. The summed E-state index contributed by atoms with van der Waals surface area (Å²) in [5, 5.41) is 21.8. The predicted molar refractivity (Wildman–Crippen MR) is 96.7 cm³/mol. The smallest absolute Gasteiger partial charge is 0.330 e. The van der Waals surface area contributed by atoms with Crippen LogP contribution in [0.4, 0.5) is 0 Å². The highest BCUT2D eigenvalue weighted by Gasteiger charge is 2.46. The summed E-state index contributed by atoms with van der Waals surface area (Å²) in [4.78, 5) is 25.6. The Labute approximate surface area is 153 Å². The van der Waals surface area contributed by atoms with E-state index < -0.39 is 42.4 Å². The zero-order chi connectivity index (χ0) is 19.0. The average molecular weight is 370 g/mol. The highest BCUT2D eigenvalue weighted by molar-refractivity contribution is 5.88. The Balaban J connectivity index is 1.75. The molecule has 1 fully saturated rings. The fraction of sp³-hybridized carbons (Fsp3) is 0.263. The van der Waals surface area contributed by atoms with Crippen molar-refractivity contribution in [3.05, 3.63) is 75.6 Å². The monoisotopic (exact) mass is 370 g/mol. The van der Waals surface area contributed by atoms with Gasteiger partial charge in [0.15, 0.2) is 12.3 Å². The Morgan fingerprint density at radius 3 is 2.67 bits per heavy atom. The number of hydrogen-bond donors (Lipinski definition) is 3. The lowest BCUT2D eigenvalue weighted by Crippen LogP contribution is -2.41. The summed E-state index contributed by atoms with van der Waals surface area (Å²) in [5.41, 5.74) is -1.23. The van der Waals surface area contributed by atoms with Crippen molar-refractivity contribution >= 4 is 10.8 Å². The Kier molecular flexibility index (Phi) is 4.53. The highest BCUT2D eigenvalue weighted by atomic mass is 16.6. The second-order valence-electron chi connectivity index (χ2n) is 6.32. The maximum Gasteiger partial charge on any atom is 0.330 e. The van der Waals surface area contributed by atoms with Gasteiger partial charge in [0.1, 0.15) is 18.0 Å². The van der Waals surface area contributed by atoms with Gasteiger partial charge in [-0.25, -0.2) is 4.79 Å². The molecule has 4 atom stereocenters. The van der Waals surface area contributed by atoms with Gasteiger partial charge >= 0.3 is 5.69 Å². The van der Waals surface area contributed by atoms with Gasteiger partial charge in [-0.05, 0) is 11.5 Å². The summed E-state index contributed by atoms with van der Waals surface area (Å²) in [6.45, 7) is -0.439. The molecule has 1 aliphatic heterocycles. The SMILES string of the molecule is O=c1ccn([C@@H]2O[C@H](CO)[C@H](O)C2Oc2cccc3ccccc23)c(=O)[nH]1. The van der Waals surface area contributed by atoms with Gasteiger partial charge in [0.2, 0.25) is 0 Å². The number of H-pyrrole nitrogens is 1. The van der Waals surface area contributed by atoms with Gasteiger partial charge in [-0.15, -0.1) is 0 Å². The Morgan fingerprint density at radius 2 is 1.89 bits per heavy atom. The van der Waals surface area contributed by atoms with Crippen LogP contribution >= 0.6 is 0 Å². The number of benzene rings is 2. The first-order valence-corrected chi connectivity index (χ1v) is 8.49. The number of ether oxygens (including phenoxy) is 2. The molecule has 0 radical (unpaired) electrons. The van der Waals surface area contributed by atoms with Crippen LogP contribution in [0, 0.1) is 0 Å². The maximum atomic E-state index is 12.2. The quantitative estimate of drug-likeness (QED) is 0.612. The van der Waals surface area contributed by atoms with Crippen LogP contribution in [0.1, 0.15) is 6.23 Å². The van der Waals surface area contributed by atoms with E-state index in [0.717, 1.165) is 15.3 Å². The van der Waals surface area contributed by atoms with E-state index in [2.05, 4.69) is 4.98 Å². The van der Waals surface area contributed by atoms with Crippen LogP contribution in [0.3, 0.4) is 0 Å². The minimum atomic E-state index is -1.17. The molecule has 27 heavy (non-hydrogen) atoms. The molecule has 4 rings (SSSR count). The van der Waals surface area contributed by atoms with E-state index in [9.17, 15) is 19.8 Å². The van der Waals surface area contributed by atoms with E-state index in [1.165, 1.54) is 12.3 Å². The molecule has 1 unspecified atom stereocenters. The van der Waals surface area contributed by atoms with Crippen molar-refractivity contribution < 1.29 is 19.7 Å². The molecule has 2 aromatic carbocycles. The molecule has 0 aliphatic carbocycles. The summed E-state index contributed by atoms with van der Waals surface area (Å²) in [6, 6.07) is 14.3. The molecular formula is C19H18N2O6. The number of nitrogens with zero attached hydrogens (tertiary/aromatic N) is 1. The number of nitrogens with one attached hydrogen (secondary N) is 1. The van der Waals surface area contributed by atoms with Gasteiger partial charge < -0.3 is 19.7 Å². The van der Waals surface area contributed by atoms with Crippen molar-refractivity contribution in [2.75, 3.05) is 6.61 Å². The van der Waals surface area contributed by atoms with E-state index in [0.29, 0.717) is 5.75 Å². The van der Waals surface area contributed by atoms with Crippen LogP contribution in [0.2, 0.25) is 0 Å². The molecule has 1 aromatic heterocycles. The second-order valence-corrected chi connectivity index (χ2v) is 6.32. The minimum absolute atomic E-state index is 0.439. The zero-order valence-corrected chi connectivity index (χ0v) is 14.2. The van der Waals surface area contributed by atoms with Gasteiger partial charge in [0.25, 0.3) is 5.56 Å². The van der Waals surface area contributed by atoms with Gasteiger partial charge in [-0.3, -0.25) is 14.3 Å². The predicted octanol–water partition coefficient (Wildman–Crippen LogP) is 0.388.